The normalized spacial score (nSPS) is 25.3. The van der Waals surface area contributed by atoms with Gasteiger partial charge in [-0.2, -0.15) is 17.0 Å². The SMILES string of the molecule is CC1CN(S(=O)(=O)N(CCC(=O)O)C(C)C)CC(C)O1. The summed E-state index contributed by atoms with van der Waals surface area (Å²) in [7, 11) is -3.66. The van der Waals surface area contributed by atoms with Crippen molar-refractivity contribution < 1.29 is 23.1 Å². The predicted molar refractivity (Wildman–Crippen MR) is 74.6 cm³/mol. The van der Waals surface area contributed by atoms with E-state index in [1.807, 2.05) is 13.8 Å². The smallest absolute Gasteiger partial charge is 0.304 e. The number of nitrogens with zero attached hydrogens (tertiary/aromatic N) is 2. The van der Waals surface area contributed by atoms with Crippen molar-refractivity contribution in [1.29, 1.82) is 0 Å². The molecule has 0 aromatic heterocycles. The molecular formula is C12H24N2O5S. The molecule has 0 bridgehead atoms. The molecule has 1 N–H and O–H groups in total. The van der Waals surface area contributed by atoms with Crippen molar-refractivity contribution in [2.24, 2.45) is 0 Å². The number of rotatable bonds is 6. The van der Waals surface area contributed by atoms with Crippen molar-refractivity contribution in [2.75, 3.05) is 19.6 Å². The molecule has 2 atom stereocenters. The molecule has 8 heteroatoms. The Balaban J connectivity index is 2.89. The van der Waals surface area contributed by atoms with Crippen molar-refractivity contribution in [1.82, 2.24) is 8.61 Å². The van der Waals surface area contributed by atoms with Gasteiger partial charge >= 0.3 is 5.97 Å². The maximum Gasteiger partial charge on any atom is 0.304 e. The van der Waals surface area contributed by atoms with Gasteiger partial charge in [-0.1, -0.05) is 0 Å². The second kappa shape index (κ2) is 6.84. The summed E-state index contributed by atoms with van der Waals surface area (Å²) < 4.78 is 33.4. The van der Waals surface area contributed by atoms with Crippen LogP contribution < -0.4 is 0 Å². The standard InChI is InChI=1S/C12H24N2O5S/c1-9(2)14(6-5-12(15)16)20(17,18)13-7-10(3)19-11(4)8-13/h9-11H,5-8H2,1-4H3,(H,15,16). The first-order valence-electron chi connectivity index (χ1n) is 6.78. The zero-order chi connectivity index (χ0) is 15.5. The van der Waals surface area contributed by atoms with Crippen LogP contribution in [-0.2, 0) is 19.7 Å². The largest absolute Gasteiger partial charge is 0.481 e. The van der Waals surface area contributed by atoms with Crippen molar-refractivity contribution >= 4 is 16.2 Å². The molecule has 0 aromatic rings. The summed E-state index contributed by atoms with van der Waals surface area (Å²) in [6.45, 7) is 7.71. The first-order valence-corrected chi connectivity index (χ1v) is 8.18. The van der Waals surface area contributed by atoms with E-state index in [1.165, 1.54) is 8.61 Å². The minimum atomic E-state index is -3.66. The molecule has 7 nitrogen and oxygen atoms in total. The topological polar surface area (TPSA) is 87.2 Å². The fourth-order valence-corrected chi connectivity index (χ4v) is 4.26. The zero-order valence-electron chi connectivity index (χ0n) is 12.4. The molecule has 0 spiro atoms. The Morgan fingerprint density at radius 2 is 1.85 bits per heavy atom. The maximum absolute atomic E-state index is 12.6. The predicted octanol–water partition coefficient (Wildman–Crippen LogP) is 0.526. The van der Waals surface area contributed by atoms with Gasteiger partial charge in [0.2, 0.25) is 0 Å². The second-order valence-electron chi connectivity index (χ2n) is 5.43. The van der Waals surface area contributed by atoms with E-state index in [0.717, 1.165) is 0 Å². The lowest BCUT2D eigenvalue weighted by molar-refractivity contribution is -0.137. The molecular weight excluding hydrogens is 284 g/mol. The molecule has 1 fully saturated rings. The van der Waals surface area contributed by atoms with Crippen LogP contribution in [0.4, 0.5) is 0 Å². The fourth-order valence-electron chi connectivity index (χ4n) is 2.31. The van der Waals surface area contributed by atoms with Crippen LogP contribution in [0.3, 0.4) is 0 Å². The minimum Gasteiger partial charge on any atom is -0.481 e. The fraction of sp³-hybridized carbons (Fsp3) is 0.917. The highest BCUT2D eigenvalue weighted by Crippen LogP contribution is 2.19. The van der Waals surface area contributed by atoms with Gasteiger partial charge in [0.05, 0.1) is 18.6 Å². The van der Waals surface area contributed by atoms with Gasteiger partial charge in [0, 0.05) is 25.7 Å². The summed E-state index contributed by atoms with van der Waals surface area (Å²) in [4.78, 5) is 10.7. The number of morpholine rings is 1. The van der Waals surface area contributed by atoms with E-state index < -0.39 is 16.2 Å². The van der Waals surface area contributed by atoms with Gasteiger partial charge in [0.1, 0.15) is 0 Å². The zero-order valence-corrected chi connectivity index (χ0v) is 13.3. The van der Waals surface area contributed by atoms with Crippen LogP contribution in [0.25, 0.3) is 0 Å². The van der Waals surface area contributed by atoms with E-state index in [9.17, 15) is 13.2 Å². The van der Waals surface area contributed by atoms with Gasteiger partial charge in [-0.05, 0) is 27.7 Å². The van der Waals surface area contributed by atoms with E-state index in [0.29, 0.717) is 13.1 Å². The Hall–Kier alpha value is -0.700. The van der Waals surface area contributed by atoms with Crippen molar-refractivity contribution in [3.8, 4) is 0 Å². The average Bonchev–Trinajstić information content (AvgIpc) is 2.26. The van der Waals surface area contributed by atoms with Crippen LogP contribution in [0.2, 0.25) is 0 Å². The lowest BCUT2D eigenvalue weighted by Gasteiger charge is -2.38. The number of aliphatic carboxylic acids is 1. The van der Waals surface area contributed by atoms with Gasteiger partial charge in [-0.15, -0.1) is 0 Å². The van der Waals surface area contributed by atoms with Crippen LogP contribution in [0, 0.1) is 0 Å². The van der Waals surface area contributed by atoms with E-state index in [2.05, 4.69) is 0 Å². The van der Waals surface area contributed by atoms with E-state index >= 15 is 0 Å². The summed E-state index contributed by atoms with van der Waals surface area (Å²) >= 11 is 0. The molecule has 1 saturated heterocycles. The highest BCUT2D eigenvalue weighted by molar-refractivity contribution is 7.86. The molecule has 0 aromatic carbocycles. The molecule has 0 aliphatic carbocycles. The lowest BCUT2D eigenvalue weighted by Crippen LogP contribution is -2.54. The average molecular weight is 308 g/mol. The monoisotopic (exact) mass is 308 g/mol. The number of ether oxygens (including phenoxy) is 1. The van der Waals surface area contributed by atoms with Crippen molar-refractivity contribution in [2.45, 2.75) is 52.4 Å². The van der Waals surface area contributed by atoms with Crippen LogP contribution in [0.1, 0.15) is 34.1 Å². The summed E-state index contributed by atoms with van der Waals surface area (Å²) in [5.74, 6) is -1.01. The molecule has 0 saturated carbocycles. The molecule has 1 rings (SSSR count). The van der Waals surface area contributed by atoms with Crippen LogP contribution in [0.15, 0.2) is 0 Å². The molecule has 2 unspecified atom stereocenters. The number of carboxylic acids is 1. The molecule has 1 aliphatic heterocycles. The Kier molecular flexibility index (Phi) is 5.93. The Morgan fingerprint density at radius 3 is 2.25 bits per heavy atom. The van der Waals surface area contributed by atoms with Gasteiger partial charge in [0.25, 0.3) is 10.2 Å². The summed E-state index contributed by atoms with van der Waals surface area (Å²) in [6.07, 6.45) is -0.531. The molecule has 0 radical (unpaired) electrons. The van der Waals surface area contributed by atoms with Gasteiger partial charge < -0.3 is 9.84 Å². The van der Waals surface area contributed by atoms with E-state index in [1.54, 1.807) is 13.8 Å². The molecule has 20 heavy (non-hydrogen) atoms. The second-order valence-corrected chi connectivity index (χ2v) is 7.31. The van der Waals surface area contributed by atoms with Gasteiger partial charge in [0.15, 0.2) is 0 Å². The molecule has 118 valence electrons. The first kappa shape index (κ1) is 17.4. The van der Waals surface area contributed by atoms with Crippen LogP contribution in [0.5, 0.6) is 0 Å². The van der Waals surface area contributed by atoms with E-state index in [-0.39, 0.29) is 31.2 Å². The third kappa shape index (κ3) is 4.41. The van der Waals surface area contributed by atoms with Crippen LogP contribution in [-0.4, -0.2) is 66.0 Å². The maximum atomic E-state index is 12.6. The number of carboxylic acid groups (broad SMARTS) is 1. The summed E-state index contributed by atoms with van der Waals surface area (Å²) in [5, 5.41) is 8.75. The number of hydrogen-bond acceptors (Lipinski definition) is 4. The van der Waals surface area contributed by atoms with Crippen molar-refractivity contribution in [3.63, 3.8) is 0 Å². The quantitative estimate of drug-likeness (QED) is 0.773. The molecule has 1 aliphatic rings. The lowest BCUT2D eigenvalue weighted by atomic mass is 10.3. The van der Waals surface area contributed by atoms with Crippen molar-refractivity contribution in [3.05, 3.63) is 0 Å². The number of hydrogen-bond donors (Lipinski definition) is 1. The number of carbonyl (C=O) groups is 1. The summed E-state index contributed by atoms with van der Waals surface area (Å²) in [6, 6.07) is -0.284. The highest BCUT2D eigenvalue weighted by Gasteiger charge is 2.36. The molecule has 0 amide bonds. The minimum absolute atomic E-state index is 0.0184. The summed E-state index contributed by atoms with van der Waals surface area (Å²) in [5.41, 5.74) is 0. The Labute approximate surface area is 120 Å². The van der Waals surface area contributed by atoms with E-state index in [4.69, 9.17) is 9.84 Å². The Bertz CT molecular complexity index is 427. The van der Waals surface area contributed by atoms with Gasteiger partial charge in [-0.25, -0.2) is 0 Å². The highest BCUT2D eigenvalue weighted by atomic mass is 32.2. The Morgan fingerprint density at radius 1 is 1.35 bits per heavy atom. The first-order chi connectivity index (χ1) is 9.14. The third-order valence-corrected chi connectivity index (χ3v) is 5.28. The third-order valence-electron chi connectivity index (χ3n) is 3.13. The van der Waals surface area contributed by atoms with Gasteiger partial charge in [-0.3, -0.25) is 4.79 Å². The van der Waals surface area contributed by atoms with Crippen LogP contribution >= 0.6 is 0 Å². The molecule has 1 heterocycles.